The van der Waals surface area contributed by atoms with Gasteiger partial charge in [-0.2, -0.15) is 0 Å². The van der Waals surface area contributed by atoms with E-state index in [1.54, 1.807) is 0 Å². The van der Waals surface area contributed by atoms with Crippen molar-refractivity contribution in [1.82, 2.24) is 4.98 Å². The number of aromatic nitrogens is 1. The van der Waals surface area contributed by atoms with E-state index in [1.807, 2.05) is 44.2 Å². The van der Waals surface area contributed by atoms with E-state index >= 15 is 0 Å². The van der Waals surface area contributed by atoms with Crippen LogP contribution < -0.4 is 11.1 Å². The molecule has 0 bridgehead atoms. The molecule has 0 aliphatic heterocycles. The highest BCUT2D eigenvalue weighted by Gasteiger charge is 2.11. The third-order valence-corrected chi connectivity index (χ3v) is 3.12. The molecule has 0 fully saturated rings. The van der Waals surface area contributed by atoms with Gasteiger partial charge in [0, 0.05) is 16.4 Å². The average molecular weight is 292 g/mol. The summed E-state index contributed by atoms with van der Waals surface area (Å²) in [6, 6.07) is 9.38. The average Bonchev–Trinajstić information content (AvgIpc) is 2.26. The highest BCUT2D eigenvalue weighted by atomic mass is 35.5. The first-order chi connectivity index (χ1) is 8.97. The molecule has 0 unspecified atom stereocenters. The van der Waals surface area contributed by atoms with E-state index in [-0.39, 0.29) is 0 Å². The number of anilines is 2. The molecule has 5 heteroatoms. The van der Waals surface area contributed by atoms with Crippen molar-refractivity contribution in [3.8, 4) is 0 Å². The summed E-state index contributed by atoms with van der Waals surface area (Å²) in [5.41, 5.74) is 9.30. The molecule has 2 aromatic rings. The molecule has 1 heterocycles. The molecule has 0 aliphatic carbocycles. The maximum atomic E-state index is 5.97. The number of benzene rings is 1. The van der Waals surface area contributed by atoms with E-state index in [0.717, 1.165) is 22.5 Å². The fraction of sp³-hybridized carbons (Fsp3) is 0.143. The molecule has 3 nitrogen and oxygen atoms in total. The maximum Gasteiger partial charge on any atom is 0.141 e. The van der Waals surface area contributed by atoms with Gasteiger partial charge in [0.1, 0.15) is 10.8 Å². The van der Waals surface area contributed by atoms with Gasteiger partial charge in [0.2, 0.25) is 0 Å². The molecule has 1 aromatic heterocycles. The minimum Gasteiger partial charge on any atom is -0.389 e. The third kappa shape index (κ3) is 3.22. The Balaban J connectivity index is 2.47. The monoisotopic (exact) mass is 291 g/mol. The SMILES string of the molecule is Cc1cc(C)c(C(N)=S)c(Nc2cccc(Cl)c2)n1. The summed E-state index contributed by atoms with van der Waals surface area (Å²) in [6.45, 7) is 3.89. The maximum absolute atomic E-state index is 5.97. The van der Waals surface area contributed by atoms with Crippen molar-refractivity contribution in [2.75, 3.05) is 5.32 Å². The van der Waals surface area contributed by atoms with Crippen LogP contribution in [0.15, 0.2) is 30.3 Å². The van der Waals surface area contributed by atoms with Crippen LogP contribution in [0.5, 0.6) is 0 Å². The Kier molecular flexibility index (Phi) is 4.02. The summed E-state index contributed by atoms with van der Waals surface area (Å²) in [7, 11) is 0. The summed E-state index contributed by atoms with van der Waals surface area (Å²) in [5.74, 6) is 0.660. The second kappa shape index (κ2) is 5.55. The van der Waals surface area contributed by atoms with Gasteiger partial charge in [-0.1, -0.05) is 29.9 Å². The van der Waals surface area contributed by atoms with Gasteiger partial charge in [0.25, 0.3) is 0 Å². The van der Waals surface area contributed by atoms with E-state index in [1.165, 1.54) is 0 Å². The van der Waals surface area contributed by atoms with Gasteiger partial charge < -0.3 is 11.1 Å². The van der Waals surface area contributed by atoms with Crippen LogP contribution in [-0.2, 0) is 0 Å². The van der Waals surface area contributed by atoms with Crippen molar-refractivity contribution in [3.63, 3.8) is 0 Å². The molecule has 98 valence electrons. The Morgan fingerprint density at radius 1 is 1.32 bits per heavy atom. The first-order valence-electron chi connectivity index (χ1n) is 5.78. The Morgan fingerprint density at radius 2 is 2.05 bits per heavy atom. The zero-order valence-corrected chi connectivity index (χ0v) is 12.3. The first kappa shape index (κ1) is 13.8. The molecule has 0 saturated carbocycles. The summed E-state index contributed by atoms with van der Waals surface area (Å²) >= 11 is 11.1. The number of hydrogen-bond acceptors (Lipinski definition) is 3. The molecule has 0 amide bonds. The zero-order valence-electron chi connectivity index (χ0n) is 10.7. The van der Waals surface area contributed by atoms with E-state index < -0.39 is 0 Å². The lowest BCUT2D eigenvalue weighted by Gasteiger charge is -2.14. The van der Waals surface area contributed by atoms with Crippen molar-refractivity contribution in [2.24, 2.45) is 5.73 Å². The molecular weight excluding hydrogens is 278 g/mol. The molecule has 0 radical (unpaired) electrons. The van der Waals surface area contributed by atoms with Crippen LogP contribution in [0.25, 0.3) is 0 Å². The van der Waals surface area contributed by atoms with Crippen LogP contribution in [0.2, 0.25) is 5.02 Å². The second-order valence-corrected chi connectivity index (χ2v) is 5.18. The number of nitrogens with one attached hydrogen (secondary N) is 1. The van der Waals surface area contributed by atoms with Gasteiger partial charge in [-0.25, -0.2) is 4.98 Å². The van der Waals surface area contributed by atoms with E-state index in [9.17, 15) is 0 Å². The molecule has 19 heavy (non-hydrogen) atoms. The zero-order chi connectivity index (χ0) is 14.0. The van der Waals surface area contributed by atoms with Crippen LogP contribution in [0.3, 0.4) is 0 Å². The number of halogens is 1. The number of nitrogens with two attached hydrogens (primary N) is 1. The summed E-state index contributed by atoms with van der Waals surface area (Å²) < 4.78 is 0. The molecule has 2 rings (SSSR count). The Labute approximate surface area is 122 Å². The van der Waals surface area contributed by atoms with Crippen molar-refractivity contribution >= 4 is 40.3 Å². The molecule has 0 aliphatic rings. The fourth-order valence-electron chi connectivity index (χ4n) is 1.94. The first-order valence-corrected chi connectivity index (χ1v) is 6.56. The van der Waals surface area contributed by atoms with Crippen LogP contribution in [0.4, 0.5) is 11.5 Å². The number of rotatable bonds is 3. The highest BCUT2D eigenvalue weighted by molar-refractivity contribution is 7.80. The number of hydrogen-bond donors (Lipinski definition) is 2. The standard InChI is InChI=1S/C14H14ClN3S/c1-8-6-9(2)17-14(12(8)13(16)19)18-11-5-3-4-10(15)7-11/h3-7H,1-2H3,(H2,16,19)(H,17,18). The van der Waals surface area contributed by atoms with Crippen molar-refractivity contribution < 1.29 is 0 Å². The second-order valence-electron chi connectivity index (χ2n) is 4.30. The predicted molar refractivity (Wildman–Crippen MR) is 84.3 cm³/mol. The van der Waals surface area contributed by atoms with Crippen molar-refractivity contribution in [1.29, 1.82) is 0 Å². The minimum absolute atomic E-state index is 0.328. The lowest BCUT2D eigenvalue weighted by Crippen LogP contribution is -2.15. The normalized spacial score (nSPS) is 10.3. The summed E-state index contributed by atoms with van der Waals surface area (Å²) in [6.07, 6.45) is 0. The largest absolute Gasteiger partial charge is 0.389 e. The molecular formula is C14H14ClN3S. The van der Waals surface area contributed by atoms with Crippen LogP contribution in [-0.4, -0.2) is 9.97 Å². The van der Waals surface area contributed by atoms with Gasteiger partial charge in [-0.05, 0) is 43.7 Å². The van der Waals surface area contributed by atoms with Crippen LogP contribution >= 0.6 is 23.8 Å². The van der Waals surface area contributed by atoms with Gasteiger partial charge >= 0.3 is 0 Å². The van der Waals surface area contributed by atoms with Gasteiger partial charge in [-0.3, -0.25) is 0 Å². The Bertz CT molecular complexity index is 641. The van der Waals surface area contributed by atoms with E-state index in [4.69, 9.17) is 29.6 Å². The molecule has 0 atom stereocenters. The molecule has 3 N–H and O–H groups in total. The highest BCUT2D eigenvalue weighted by Crippen LogP contribution is 2.24. The van der Waals surface area contributed by atoms with Crippen molar-refractivity contribution in [3.05, 3.63) is 52.2 Å². The number of aryl methyl sites for hydroxylation is 2. The molecule has 1 aromatic carbocycles. The van der Waals surface area contributed by atoms with E-state index in [0.29, 0.717) is 15.8 Å². The summed E-state index contributed by atoms with van der Waals surface area (Å²) in [4.78, 5) is 4.79. The number of pyridine rings is 1. The quantitative estimate of drug-likeness (QED) is 0.846. The molecule has 0 spiro atoms. The van der Waals surface area contributed by atoms with Gasteiger partial charge in [0.05, 0.1) is 5.56 Å². The lowest BCUT2D eigenvalue weighted by molar-refractivity contribution is 1.17. The third-order valence-electron chi connectivity index (χ3n) is 2.68. The van der Waals surface area contributed by atoms with Crippen LogP contribution in [0, 0.1) is 13.8 Å². The topological polar surface area (TPSA) is 50.9 Å². The van der Waals surface area contributed by atoms with Crippen molar-refractivity contribution in [2.45, 2.75) is 13.8 Å². The smallest absolute Gasteiger partial charge is 0.141 e. The fourth-order valence-corrected chi connectivity index (χ4v) is 2.39. The van der Waals surface area contributed by atoms with E-state index in [2.05, 4.69) is 10.3 Å². The Hall–Kier alpha value is -1.65. The Morgan fingerprint density at radius 3 is 2.68 bits per heavy atom. The summed E-state index contributed by atoms with van der Waals surface area (Å²) in [5, 5.41) is 3.87. The van der Waals surface area contributed by atoms with Gasteiger partial charge in [0.15, 0.2) is 0 Å². The van der Waals surface area contributed by atoms with Crippen LogP contribution in [0.1, 0.15) is 16.8 Å². The number of thiocarbonyl (C=S) groups is 1. The number of nitrogens with zero attached hydrogens (tertiary/aromatic N) is 1. The minimum atomic E-state index is 0.328. The molecule has 0 saturated heterocycles. The lowest BCUT2D eigenvalue weighted by atomic mass is 10.1. The predicted octanol–water partition coefficient (Wildman–Crippen LogP) is 3.73. The van der Waals surface area contributed by atoms with Gasteiger partial charge in [-0.15, -0.1) is 0 Å².